The van der Waals surface area contributed by atoms with Gasteiger partial charge in [0, 0.05) is 24.7 Å². The van der Waals surface area contributed by atoms with E-state index in [9.17, 15) is 4.79 Å². The van der Waals surface area contributed by atoms with Crippen LogP contribution >= 0.6 is 0 Å². The van der Waals surface area contributed by atoms with Crippen molar-refractivity contribution in [2.45, 2.75) is 83.5 Å². The molecule has 1 saturated carbocycles. The van der Waals surface area contributed by atoms with E-state index < -0.39 is 5.54 Å². The number of carbonyl (C=O) groups is 1. The molecule has 0 spiro atoms. The fourth-order valence-corrected chi connectivity index (χ4v) is 3.07. The molecule has 1 rings (SSSR count). The predicted molar refractivity (Wildman–Crippen MR) is 89.5 cm³/mol. The lowest BCUT2D eigenvalue weighted by Crippen LogP contribution is -2.61. The molecule has 1 fully saturated rings. The molecule has 0 aromatic heterocycles. The Hall–Kier alpha value is -0.610. The molecule has 0 aromatic rings. The zero-order chi connectivity index (χ0) is 16.4. The Morgan fingerprint density at radius 3 is 2.00 bits per heavy atom. The molecule has 4 heteroatoms. The Labute approximate surface area is 131 Å². The molecule has 0 radical (unpaired) electrons. The summed E-state index contributed by atoms with van der Waals surface area (Å²) < 4.78 is 0. The molecule has 124 valence electrons. The maximum Gasteiger partial charge on any atom is 0.242 e. The minimum absolute atomic E-state index is 0.0845. The largest absolute Gasteiger partial charge is 0.340 e. The van der Waals surface area contributed by atoms with E-state index in [4.69, 9.17) is 0 Å². The summed E-state index contributed by atoms with van der Waals surface area (Å²) in [6.45, 7) is 10.6. The van der Waals surface area contributed by atoms with Gasteiger partial charge in [0.1, 0.15) is 0 Å². The predicted octanol–water partition coefficient (Wildman–Crippen LogP) is 2.48. The van der Waals surface area contributed by atoms with Gasteiger partial charge in [-0.2, -0.15) is 0 Å². The number of amides is 1. The SMILES string of the molecule is CN(C(=O)C(C)(C)N(C)C)[C@H]1CCCC[C@@H]1NC(C)(C)C. The van der Waals surface area contributed by atoms with Crippen molar-refractivity contribution in [2.24, 2.45) is 0 Å². The second-order valence-electron chi connectivity index (χ2n) is 8.22. The average molecular weight is 297 g/mol. The molecule has 21 heavy (non-hydrogen) atoms. The second kappa shape index (κ2) is 6.66. The van der Waals surface area contributed by atoms with Crippen molar-refractivity contribution in [1.29, 1.82) is 0 Å². The first-order valence-electron chi connectivity index (χ1n) is 8.19. The third kappa shape index (κ3) is 4.68. The van der Waals surface area contributed by atoms with Crippen molar-refractivity contribution in [3.8, 4) is 0 Å². The van der Waals surface area contributed by atoms with Crippen molar-refractivity contribution in [3.05, 3.63) is 0 Å². The van der Waals surface area contributed by atoms with E-state index in [0.717, 1.165) is 12.8 Å². The zero-order valence-corrected chi connectivity index (χ0v) is 15.3. The van der Waals surface area contributed by atoms with Gasteiger partial charge in [-0.05, 0) is 61.6 Å². The van der Waals surface area contributed by atoms with Gasteiger partial charge in [-0.25, -0.2) is 0 Å². The lowest BCUT2D eigenvalue weighted by Gasteiger charge is -2.44. The van der Waals surface area contributed by atoms with Crippen LogP contribution in [-0.4, -0.2) is 60.0 Å². The topological polar surface area (TPSA) is 35.6 Å². The smallest absolute Gasteiger partial charge is 0.242 e. The normalized spacial score (nSPS) is 24.2. The maximum atomic E-state index is 12.9. The molecule has 0 saturated heterocycles. The molecule has 1 aliphatic rings. The van der Waals surface area contributed by atoms with Crippen LogP contribution in [0.4, 0.5) is 0 Å². The molecule has 0 bridgehead atoms. The summed E-state index contributed by atoms with van der Waals surface area (Å²) in [5, 5.41) is 3.72. The van der Waals surface area contributed by atoms with Crippen LogP contribution in [-0.2, 0) is 4.79 Å². The summed E-state index contributed by atoms with van der Waals surface area (Å²) in [6, 6.07) is 0.690. The fourth-order valence-electron chi connectivity index (χ4n) is 3.07. The van der Waals surface area contributed by atoms with Crippen LogP contribution in [0.2, 0.25) is 0 Å². The maximum absolute atomic E-state index is 12.9. The van der Waals surface area contributed by atoms with E-state index in [0.29, 0.717) is 12.1 Å². The van der Waals surface area contributed by atoms with Gasteiger partial charge in [0.15, 0.2) is 0 Å². The number of hydrogen-bond acceptors (Lipinski definition) is 3. The third-order valence-corrected chi connectivity index (χ3v) is 4.81. The van der Waals surface area contributed by atoms with Gasteiger partial charge in [-0.1, -0.05) is 12.8 Å². The molecular formula is C17H35N3O. The number of carbonyl (C=O) groups excluding carboxylic acids is 1. The molecular weight excluding hydrogens is 262 g/mol. The Morgan fingerprint density at radius 2 is 1.52 bits per heavy atom. The minimum atomic E-state index is -0.460. The van der Waals surface area contributed by atoms with Gasteiger partial charge in [-0.15, -0.1) is 0 Å². The highest BCUT2D eigenvalue weighted by molar-refractivity contribution is 5.85. The van der Waals surface area contributed by atoms with Crippen LogP contribution < -0.4 is 5.32 Å². The number of rotatable bonds is 4. The fraction of sp³-hybridized carbons (Fsp3) is 0.941. The van der Waals surface area contributed by atoms with Crippen molar-refractivity contribution in [1.82, 2.24) is 15.1 Å². The molecule has 2 atom stereocenters. The summed E-state index contributed by atoms with van der Waals surface area (Å²) in [5.74, 6) is 0.208. The molecule has 0 aliphatic heterocycles. The summed E-state index contributed by atoms with van der Waals surface area (Å²) in [7, 11) is 5.91. The van der Waals surface area contributed by atoms with Gasteiger partial charge >= 0.3 is 0 Å². The van der Waals surface area contributed by atoms with Crippen LogP contribution in [0, 0.1) is 0 Å². The number of nitrogens with one attached hydrogen (secondary N) is 1. The first-order chi connectivity index (χ1) is 9.47. The summed E-state index contributed by atoms with van der Waals surface area (Å²) in [6.07, 6.45) is 4.72. The van der Waals surface area contributed by atoms with Crippen LogP contribution in [0.1, 0.15) is 60.3 Å². The quantitative estimate of drug-likeness (QED) is 0.866. The molecule has 1 aliphatic carbocycles. The standard InChI is InChI=1S/C17H35N3O/c1-16(2,3)18-13-11-9-10-12-14(13)20(8)15(21)17(4,5)19(6)7/h13-14,18H,9-12H2,1-8H3/t13-,14-/m0/s1. The number of likely N-dealkylation sites (N-methyl/N-ethyl adjacent to an activating group) is 2. The van der Waals surface area contributed by atoms with Crippen molar-refractivity contribution >= 4 is 5.91 Å². The van der Waals surface area contributed by atoms with Crippen molar-refractivity contribution in [3.63, 3.8) is 0 Å². The van der Waals surface area contributed by atoms with Crippen LogP contribution in [0.15, 0.2) is 0 Å². The molecule has 4 nitrogen and oxygen atoms in total. The first-order valence-corrected chi connectivity index (χ1v) is 8.19. The Kier molecular flexibility index (Phi) is 5.84. The van der Waals surface area contributed by atoms with Gasteiger partial charge in [-0.3, -0.25) is 9.69 Å². The highest BCUT2D eigenvalue weighted by Crippen LogP contribution is 2.26. The van der Waals surface area contributed by atoms with Gasteiger partial charge in [0.2, 0.25) is 5.91 Å². The summed E-state index contributed by atoms with van der Waals surface area (Å²) in [5.41, 5.74) is -0.375. The van der Waals surface area contributed by atoms with Gasteiger partial charge in [0.05, 0.1) is 5.54 Å². The van der Waals surface area contributed by atoms with Crippen LogP contribution in [0.25, 0.3) is 0 Å². The van der Waals surface area contributed by atoms with Gasteiger partial charge < -0.3 is 10.2 Å². The van der Waals surface area contributed by atoms with E-state index in [1.807, 2.05) is 44.8 Å². The third-order valence-electron chi connectivity index (χ3n) is 4.81. The van der Waals surface area contributed by atoms with Crippen LogP contribution in [0.5, 0.6) is 0 Å². The number of nitrogens with zero attached hydrogens (tertiary/aromatic N) is 2. The molecule has 0 heterocycles. The average Bonchev–Trinajstić information content (AvgIpc) is 2.35. The molecule has 0 aromatic carbocycles. The van der Waals surface area contributed by atoms with Crippen LogP contribution in [0.3, 0.4) is 0 Å². The first kappa shape index (κ1) is 18.4. The monoisotopic (exact) mass is 297 g/mol. The number of hydrogen-bond donors (Lipinski definition) is 1. The Bertz CT molecular complexity index is 358. The Morgan fingerprint density at radius 1 is 1.00 bits per heavy atom. The van der Waals surface area contributed by atoms with E-state index in [1.54, 1.807) is 0 Å². The highest BCUT2D eigenvalue weighted by Gasteiger charge is 2.39. The Balaban J connectivity index is 2.86. The molecule has 1 amide bonds. The molecule has 0 unspecified atom stereocenters. The van der Waals surface area contributed by atoms with Gasteiger partial charge in [0.25, 0.3) is 0 Å². The summed E-state index contributed by atoms with van der Waals surface area (Å²) in [4.78, 5) is 16.9. The zero-order valence-electron chi connectivity index (χ0n) is 15.3. The van der Waals surface area contributed by atoms with E-state index in [2.05, 4.69) is 26.1 Å². The lowest BCUT2D eigenvalue weighted by molar-refractivity contribution is -0.143. The highest BCUT2D eigenvalue weighted by atomic mass is 16.2. The molecule has 1 N–H and O–H groups in total. The van der Waals surface area contributed by atoms with E-state index >= 15 is 0 Å². The van der Waals surface area contributed by atoms with Crippen molar-refractivity contribution in [2.75, 3.05) is 21.1 Å². The van der Waals surface area contributed by atoms with E-state index in [1.165, 1.54) is 12.8 Å². The van der Waals surface area contributed by atoms with Crippen molar-refractivity contribution < 1.29 is 4.79 Å². The summed E-state index contributed by atoms with van der Waals surface area (Å²) >= 11 is 0. The lowest BCUT2D eigenvalue weighted by atomic mass is 9.86. The minimum Gasteiger partial charge on any atom is -0.340 e. The second-order valence-corrected chi connectivity index (χ2v) is 8.22. The van der Waals surface area contributed by atoms with E-state index in [-0.39, 0.29) is 11.4 Å².